The van der Waals surface area contributed by atoms with E-state index < -0.39 is 11.6 Å². The molecule has 1 amide bonds. The van der Waals surface area contributed by atoms with Crippen molar-refractivity contribution in [3.8, 4) is 17.5 Å². The average molecular weight is 446 g/mol. The molecule has 0 aliphatic rings. The zero-order chi connectivity index (χ0) is 22.4. The number of hydrogen-bond donors (Lipinski definition) is 2. The maximum absolute atomic E-state index is 13.1. The van der Waals surface area contributed by atoms with Crippen molar-refractivity contribution in [1.29, 1.82) is 5.26 Å². The van der Waals surface area contributed by atoms with Crippen molar-refractivity contribution in [2.24, 2.45) is 0 Å². The van der Waals surface area contributed by atoms with Gasteiger partial charge in [0.15, 0.2) is 6.61 Å². The summed E-state index contributed by atoms with van der Waals surface area (Å²) in [4.78, 5) is 11.9. The lowest BCUT2D eigenvalue weighted by Gasteiger charge is -2.08. The Morgan fingerprint density at radius 1 is 1.23 bits per heavy atom. The maximum Gasteiger partial charge on any atom is 0.257 e. The molecule has 0 atom stereocenters. The standard InChI is InChI=1S/C21H18ClF2N5O2/c22-17-10-14(24)5-8-19(17)31-12-20(30)27-9-1-2-18-16(11-25)21(26)29(28-18)15-6-3-13(23)4-7-15/h3-8,10H,1-2,9,12,26H2,(H,27,30). The van der Waals surface area contributed by atoms with Gasteiger partial charge in [0.2, 0.25) is 0 Å². The SMILES string of the molecule is N#Cc1c(CCCNC(=O)COc2ccc(F)cc2Cl)nn(-c2ccc(F)cc2)c1N. The van der Waals surface area contributed by atoms with E-state index >= 15 is 0 Å². The number of halogens is 3. The molecule has 7 nitrogen and oxygen atoms in total. The van der Waals surface area contributed by atoms with Gasteiger partial charge >= 0.3 is 0 Å². The molecule has 31 heavy (non-hydrogen) atoms. The molecule has 3 aromatic rings. The van der Waals surface area contributed by atoms with Crippen LogP contribution in [0.5, 0.6) is 5.75 Å². The fraction of sp³-hybridized carbons (Fsp3) is 0.190. The quantitative estimate of drug-likeness (QED) is 0.517. The molecule has 0 fully saturated rings. The molecule has 0 bridgehead atoms. The lowest BCUT2D eigenvalue weighted by Crippen LogP contribution is -2.30. The number of nitrogens with two attached hydrogens (primary N) is 1. The number of carbonyl (C=O) groups is 1. The van der Waals surface area contributed by atoms with Crippen LogP contribution in [-0.4, -0.2) is 28.8 Å². The van der Waals surface area contributed by atoms with Crippen molar-refractivity contribution in [2.45, 2.75) is 12.8 Å². The van der Waals surface area contributed by atoms with Crippen LogP contribution in [0.25, 0.3) is 5.69 Å². The lowest BCUT2D eigenvalue weighted by atomic mass is 10.1. The number of carbonyl (C=O) groups excluding carboxylic acids is 1. The number of anilines is 1. The Hall–Kier alpha value is -3.64. The summed E-state index contributed by atoms with van der Waals surface area (Å²) < 4.78 is 32.8. The number of aromatic nitrogens is 2. The highest BCUT2D eigenvalue weighted by Crippen LogP contribution is 2.25. The van der Waals surface area contributed by atoms with Crippen LogP contribution in [0.2, 0.25) is 5.02 Å². The Labute approximate surface area is 182 Å². The molecule has 0 unspecified atom stereocenters. The minimum absolute atomic E-state index is 0.0752. The van der Waals surface area contributed by atoms with Crippen LogP contribution >= 0.6 is 11.6 Å². The van der Waals surface area contributed by atoms with E-state index in [2.05, 4.69) is 10.4 Å². The fourth-order valence-electron chi connectivity index (χ4n) is 2.82. The molecule has 0 aliphatic heterocycles. The number of amides is 1. The highest BCUT2D eigenvalue weighted by molar-refractivity contribution is 6.32. The van der Waals surface area contributed by atoms with Gasteiger partial charge in [0.25, 0.3) is 5.91 Å². The third kappa shape index (κ3) is 5.49. The number of nitrogens with zero attached hydrogens (tertiary/aromatic N) is 3. The topological polar surface area (TPSA) is 106 Å². The predicted octanol–water partition coefficient (Wildman–Crippen LogP) is 3.39. The van der Waals surface area contributed by atoms with Gasteiger partial charge in [-0.2, -0.15) is 10.4 Å². The monoisotopic (exact) mass is 445 g/mol. The Morgan fingerprint density at radius 2 is 1.94 bits per heavy atom. The summed E-state index contributed by atoms with van der Waals surface area (Å²) in [5, 5.41) is 16.5. The van der Waals surface area contributed by atoms with E-state index in [4.69, 9.17) is 22.1 Å². The summed E-state index contributed by atoms with van der Waals surface area (Å²) in [7, 11) is 0. The Bertz CT molecular complexity index is 1130. The normalized spacial score (nSPS) is 10.5. The van der Waals surface area contributed by atoms with Crippen molar-refractivity contribution >= 4 is 23.3 Å². The second-order valence-corrected chi connectivity index (χ2v) is 6.93. The van der Waals surface area contributed by atoms with Gasteiger partial charge in [-0.15, -0.1) is 0 Å². The number of ether oxygens (including phenoxy) is 1. The number of nitrogens with one attached hydrogen (secondary N) is 1. The van der Waals surface area contributed by atoms with Gasteiger partial charge < -0.3 is 15.8 Å². The first-order valence-electron chi connectivity index (χ1n) is 9.27. The lowest BCUT2D eigenvalue weighted by molar-refractivity contribution is -0.123. The molecule has 3 N–H and O–H groups in total. The van der Waals surface area contributed by atoms with Gasteiger partial charge in [-0.05, 0) is 55.3 Å². The second-order valence-electron chi connectivity index (χ2n) is 6.52. The predicted molar refractivity (Wildman–Crippen MR) is 111 cm³/mol. The molecule has 2 aromatic carbocycles. The molecule has 160 valence electrons. The van der Waals surface area contributed by atoms with Gasteiger partial charge in [-0.25, -0.2) is 13.5 Å². The highest BCUT2D eigenvalue weighted by Gasteiger charge is 2.16. The number of rotatable bonds is 8. The van der Waals surface area contributed by atoms with E-state index in [1.165, 1.54) is 41.1 Å². The molecule has 0 aliphatic carbocycles. The number of nitriles is 1. The number of aryl methyl sites for hydroxylation is 1. The summed E-state index contributed by atoms with van der Waals surface area (Å²) in [6.45, 7) is 0.0362. The van der Waals surface area contributed by atoms with Crippen molar-refractivity contribution in [3.63, 3.8) is 0 Å². The van der Waals surface area contributed by atoms with Gasteiger partial charge in [0, 0.05) is 6.54 Å². The molecule has 0 spiro atoms. The van der Waals surface area contributed by atoms with E-state index in [0.717, 1.165) is 6.07 Å². The zero-order valence-corrected chi connectivity index (χ0v) is 17.0. The highest BCUT2D eigenvalue weighted by atomic mass is 35.5. The molecule has 10 heteroatoms. The summed E-state index contributed by atoms with van der Waals surface area (Å²) in [6, 6.07) is 11.2. The van der Waals surface area contributed by atoms with Gasteiger partial charge in [0.05, 0.1) is 16.4 Å². The third-order valence-corrected chi connectivity index (χ3v) is 4.64. The van der Waals surface area contributed by atoms with Crippen molar-refractivity contribution in [1.82, 2.24) is 15.1 Å². The first-order chi connectivity index (χ1) is 14.9. The number of hydrogen-bond acceptors (Lipinski definition) is 5. The van der Waals surface area contributed by atoms with E-state index in [1.54, 1.807) is 0 Å². The fourth-order valence-corrected chi connectivity index (χ4v) is 3.05. The minimum atomic E-state index is -0.499. The van der Waals surface area contributed by atoms with E-state index in [9.17, 15) is 18.8 Å². The van der Waals surface area contributed by atoms with Gasteiger partial charge in [0.1, 0.15) is 34.8 Å². The Morgan fingerprint density at radius 3 is 2.61 bits per heavy atom. The van der Waals surface area contributed by atoms with Crippen LogP contribution in [0.15, 0.2) is 42.5 Å². The Balaban J connectivity index is 1.52. The Kier molecular flexibility index (Phi) is 7.05. The van der Waals surface area contributed by atoms with Crippen molar-refractivity contribution < 1.29 is 18.3 Å². The number of benzene rings is 2. The first-order valence-corrected chi connectivity index (χ1v) is 9.64. The van der Waals surface area contributed by atoms with E-state index in [0.29, 0.717) is 30.8 Å². The average Bonchev–Trinajstić information content (AvgIpc) is 3.06. The molecule has 1 aromatic heterocycles. The summed E-state index contributed by atoms with van der Waals surface area (Å²) >= 11 is 5.84. The molecule has 0 saturated carbocycles. The smallest absolute Gasteiger partial charge is 0.257 e. The maximum atomic E-state index is 13.1. The molecule has 0 saturated heterocycles. The van der Waals surface area contributed by atoms with E-state index in [1.807, 2.05) is 6.07 Å². The first kappa shape index (κ1) is 22.1. The van der Waals surface area contributed by atoms with Crippen LogP contribution in [0.1, 0.15) is 17.7 Å². The van der Waals surface area contributed by atoms with Crippen LogP contribution in [0.3, 0.4) is 0 Å². The summed E-state index contributed by atoms with van der Waals surface area (Å²) in [5.74, 6) is -0.897. The summed E-state index contributed by atoms with van der Waals surface area (Å²) in [6.07, 6.45) is 0.893. The largest absolute Gasteiger partial charge is 0.482 e. The number of nitrogen functional groups attached to an aromatic ring is 1. The van der Waals surface area contributed by atoms with Crippen LogP contribution < -0.4 is 15.8 Å². The van der Waals surface area contributed by atoms with Crippen LogP contribution in [0, 0.1) is 23.0 Å². The zero-order valence-electron chi connectivity index (χ0n) is 16.2. The second kappa shape index (κ2) is 9.91. The van der Waals surface area contributed by atoms with Crippen LogP contribution in [0.4, 0.5) is 14.6 Å². The van der Waals surface area contributed by atoms with Gasteiger partial charge in [-0.3, -0.25) is 4.79 Å². The molecular weight excluding hydrogens is 428 g/mol. The molecule has 0 radical (unpaired) electrons. The van der Waals surface area contributed by atoms with E-state index in [-0.39, 0.29) is 34.7 Å². The molecule has 3 rings (SSSR count). The molecular formula is C21H18ClF2N5O2. The van der Waals surface area contributed by atoms with Crippen LogP contribution in [-0.2, 0) is 11.2 Å². The third-order valence-electron chi connectivity index (χ3n) is 4.34. The molecule has 1 heterocycles. The van der Waals surface area contributed by atoms with Crippen molar-refractivity contribution in [2.75, 3.05) is 18.9 Å². The van der Waals surface area contributed by atoms with Gasteiger partial charge in [-0.1, -0.05) is 11.6 Å². The van der Waals surface area contributed by atoms with Crippen molar-refractivity contribution in [3.05, 3.63) is 70.4 Å². The summed E-state index contributed by atoms with van der Waals surface area (Å²) in [5.41, 5.74) is 7.27. The minimum Gasteiger partial charge on any atom is -0.482 e.